The van der Waals surface area contributed by atoms with E-state index in [9.17, 15) is 0 Å². The van der Waals surface area contributed by atoms with Gasteiger partial charge in [0.15, 0.2) is 0 Å². The summed E-state index contributed by atoms with van der Waals surface area (Å²) < 4.78 is 7.73. The standard InChI is InChI=1S/C19H19N7O/c1-11(2)18-22-19(24-23-18)26-10-13-5-6-27-16-7-12(14-8-20-21-9-14)3-4-15(16)17(13)25-26/h3-4,7-11H,5-6H2,1-2H3,(H,20,21)(H,22,23,24). The Labute approximate surface area is 155 Å². The van der Waals surface area contributed by atoms with Gasteiger partial charge in [-0.15, -0.1) is 5.10 Å². The second kappa shape index (κ2) is 6.08. The van der Waals surface area contributed by atoms with Crippen LogP contribution < -0.4 is 4.74 Å². The maximum atomic E-state index is 5.99. The Morgan fingerprint density at radius 1 is 1.22 bits per heavy atom. The summed E-state index contributed by atoms with van der Waals surface area (Å²) in [7, 11) is 0. The molecule has 2 N–H and O–H groups in total. The van der Waals surface area contributed by atoms with Gasteiger partial charge in [0.05, 0.1) is 18.5 Å². The summed E-state index contributed by atoms with van der Waals surface area (Å²) in [6, 6.07) is 6.15. The first-order valence-corrected chi connectivity index (χ1v) is 8.96. The third-order valence-corrected chi connectivity index (χ3v) is 4.73. The smallest absolute Gasteiger partial charge is 0.269 e. The number of hydrogen-bond acceptors (Lipinski definition) is 5. The van der Waals surface area contributed by atoms with Crippen molar-refractivity contribution in [2.24, 2.45) is 0 Å². The Hall–Kier alpha value is -3.42. The molecule has 1 aromatic carbocycles. The second-order valence-corrected chi connectivity index (χ2v) is 6.92. The molecule has 8 nitrogen and oxygen atoms in total. The summed E-state index contributed by atoms with van der Waals surface area (Å²) in [5.74, 6) is 2.53. The molecule has 0 saturated heterocycles. The molecule has 8 heteroatoms. The Kier molecular flexibility index (Phi) is 3.56. The van der Waals surface area contributed by atoms with Crippen LogP contribution in [-0.4, -0.2) is 41.8 Å². The summed E-state index contributed by atoms with van der Waals surface area (Å²) in [4.78, 5) is 4.54. The van der Waals surface area contributed by atoms with Gasteiger partial charge in [-0.25, -0.2) is 4.68 Å². The van der Waals surface area contributed by atoms with Crippen LogP contribution in [0.5, 0.6) is 5.75 Å². The van der Waals surface area contributed by atoms with Gasteiger partial charge in [0, 0.05) is 41.4 Å². The van der Waals surface area contributed by atoms with Crippen molar-refractivity contribution >= 4 is 0 Å². The van der Waals surface area contributed by atoms with Crippen LogP contribution >= 0.6 is 0 Å². The Morgan fingerprint density at radius 3 is 2.93 bits per heavy atom. The van der Waals surface area contributed by atoms with Crippen molar-refractivity contribution in [2.75, 3.05) is 6.61 Å². The topological polar surface area (TPSA) is 97.3 Å². The van der Waals surface area contributed by atoms with Gasteiger partial charge in [-0.3, -0.25) is 10.2 Å². The highest BCUT2D eigenvalue weighted by Gasteiger charge is 2.21. The molecule has 0 amide bonds. The minimum Gasteiger partial charge on any atom is -0.493 e. The van der Waals surface area contributed by atoms with Crippen molar-refractivity contribution in [2.45, 2.75) is 26.2 Å². The van der Waals surface area contributed by atoms with Crippen LogP contribution in [0, 0.1) is 0 Å². The van der Waals surface area contributed by atoms with E-state index in [0.29, 0.717) is 12.6 Å². The number of fused-ring (bicyclic) bond motifs is 3. The molecular formula is C19H19N7O. The number of hydrogen-bond donors (Lipinski definition) is 2. The number of aromatic nitrogens is 7. The molecule has 0 spiro atoms. The fourth-order valence-electron chi connectivity index (χ4n) is 3.24. The first-order chi connectivity index (χ1) is 13.2. The number of aromatic amines is 2. The molecule has 0 aliphatic carbocycles. The summed E-state index contributed by atoms with van der Waals surface area (Å²) in [5.41, 5.74) is 5.10. The fraction of sp³-hybridized carbons (Fsp3) is 0.263. The van der Waals surface area contributed by atoms with Crippen molar-refractivity contribution in [3.63, 3.8) is 0 Å². The van der Waals surface area contributed by atoms with Crippen molar-refractivity contribution in [1.29, 1.82) is 0 Å². The molecule has 1 aliphatic heterocycles. The zero-order chi connectivity index (χ0) is 18.4. The summed E-state index contributed by atoms with van der Waals surface area (Å²) in [6.07, 6.45) is 6.44. The predicted molar refractivity (Wildman–Crippen MR) is 99.8 cm³/mol. The monoisotopic (exact) mass is 361 g/mol. The second-order valence-electron chi connectivity index (χ2n) is 6.92. The summed E-state index contributed by atoms with van der Waals surface area (Å²) in [5, 5.41) is 18.9. The minimum atomic E-state index is 0.287. The van der Waals surface area contributed by atoms with E-state index >= 15 is 0 Å². The lowest BCUT2D eigenvalue weighted by atomic mass is 10.0. The highest BCUT2D eigenvalue weighted by molar-refractivity contribution is 5.76. The molecule has 136 valence electrons. The molecule has 0 atom stereocenters. The predicted octanol–water partition coefficient (Wildman–Crippen LogP) is 3.11. The largest absolute Gasteiger partial charge is 0.493 e. The number of benzene rings is 1. The van der Waals surface area contributed by atoms with Gasteiger partial charge < -0.3 is 4.74 Å². The van der Waals surface area contributed by atoms with Crippen molar-refractivity contribution in [3.8, 4) is 34.1 Å². The van der Waals surface area contributed by atoms with Crippen LogP contribution in [0.25, 0.3) is 28.3 Å². The van der Waals surface area contributed by atoms with Crippen LogP contribution in [0.1, 0.15) is 31.2 Å². The molecule has 0 unspecified atom stereocenters. The molecule has 27 heavy (non-hydrogen) atoms. The highest BCUT2D eigenvalue weighted by atomic mass is 16.5. The van der Waals surface area contributed by atoms with E-state index < -0.39 is 0 Å². The minimum absolute atomic E-state index is 0.287. The quantitative estimate of drug-likeness (QED) is 0.584. The van der Waals surface area contributed by atoms with E-state index in [1.165, 1.54) is 0 Å². The third-order valence-electron chi connectivity index (χ3n) is 4.73. The van der Waals surface area contributed by atoms with E-state index in [-0.39, 0.29) is 5.92 Å². The molecule has 3 aromatic heterocycles. The highest BCUT2D eigenvalue weighted by Crippen LogP contribution is 2.37. The molecule has 0 radical (unpaired) electrons. The number of rotatable bonds is 3. The van der Waals surface area contributed by atoms with E-state index in [4.69, 9.17) is 9.84 Å². The number of H-pyrrole nitrogens is 2. The molecule has 0 bridgehead atoms. The van der Waals surface area contributed by atoms with Crippen molar-refractivity contribution in [3.05, 3.63) is 48.2 Å². The summed E-state index contributed by atoms with van der Waals surface area (Å²) in [6.45, 7) is 4.76. The van der Waals surface area contributed by atoms with Crippen LogP contribution in [0.4, 0.5) is 0 Å². The Morgan fingerprint density at radius 2 is 2.15 bits per heavy atom. The van der Waals surface area contributed by atoms with Gasteiger partial charge in [0.1, 0.15) is 11.6 Å². The third kappa shape index (κ3) is 2.69. The maximum Gasteiger partial charge on any atom is 0.269 e. The van der Waals surface area contributed by atoms with Crippen LogP contribution in [0.15, 0.2) is 36.8 Å². The zero-order valence-electron chi connectivity index (χ0n) is 15.1. The lowest BCUT2D eigenvalue weighted by molar-refractivity contribution is 0.326. The molecule has 4 aromatic rings. The van der Waals surface area contributed by atoms with Gasteiger partial charge in [0.25, 0.3) is 5.95 Å². The lowest BCUT2D eigenvalue weighted by Gasteiger charge is -2.08. The molecule has 4 heterocycles. The fourth-order valence-corrected chi connectivity index (χ4v) is 3.24. The average molecular weight is 361 g/mol. The van der Waals surface area contributed by atoms with Crippen LogP contribution in [0.2, 0.25) is 0 Å². The molecule has 0 fully saturated rings. The Bertz CT molecular complexity index is 1090. The average Bonchev–Trinajstić information content (AvgIpc) is 3.41. The van der Waals surface area contributed by atoms with E-state index in [1.807, 2.05) is 18.5 Å². The molecule has 0 saturated carbocycles. The molecular weight excluding hydrogens is 342 g/mol. The van der Waals surface area contributed by atoms with Crippen LogP contribution in [-0.2, 0) is 6.42 Å². The molecule has 5 rings (SSSR count). The van der Waals surface area contributed by atoms with E-state index in [0.717, 1.165) is 45.9 Å². The van der Waals surface area contributed by atoms with Gasteiger partial charge in [-0.1, -0.05) is 19.9 Å². The molecule has 1 aliphatic rings. The first-order valence-electron chi connectivity index (χ1n) is 8.96. The number of nitrogens with one attached hydrogen (secondary N) is 2. The Balaban J connectivity index is 1.57. The normalized spacial score (nSPS) is 13.1. The maximum absolute atomic E-state index is 5.99. The summed E-state index contributed by atoms with van der Waals surface area (Å²) >= 11 is 0. The SMILES string of the molecule is CC(C)c1nc(-n2cc3c(n2)-c2ccc(-c4cn[nH]c4)cc2OCC3)n[nH]1. The zero-order valence-corrected chi connectivity index (χ0v) is 15.1. The van der Waals surface area contributed by atoms with Gasteiger partial charge in [0.2, 0.25) is 0 Å². The van der Waals surface area contributed by atoms with E-state index in [2.05, 4.69) is 51.4 Å². The van der Waals surface area contributed by atoms with Gasteiger partial charge in [-0.2, -0.15) is 15.2 Å². The van der Waals surface area contributed by atoms with Crippen molar-refractivity contribution < 1.29 is 4.74 Å². The first kappa shape index (κ1) is 15.8. The van der Waals surface area contributed by atoms with Crippen molar-refractivity contribution in [1.82, 2.24) is 35.2 Å². The van der Waals surface area contributed by atoms with Gasteiger partial charge in [-0.05, 0) is 17.7 Å². The van der Waals surface area contributed by atoms with Gasteiger partial charge >= 0.3 is 0 Å². The number of nitrogens with zero attached hydrogens (tertiary/aromatic N) is 5. The number of ether oxygens (including phenoxy) is 1. The van der Waals surface area contributed by atoms with E-state index in [1.54, 1.807) is 10.9 Å². The van der Waals surface area contributed by atoms with Crippen LogP contribution in [0.3, 0.4) is 0 Å². The lowest BCUT2D eigenvalue weighted by Crippen LogP contribution is -2.01.